The molecule has 3 aromatic rings. The first-order valence-corrected chi connectivity index (χ1v) is 10.9. The number of para-hydroxylation sites is 1. The Morgan fingerprint density at radius 3 is 2.84 bits per heavy atom. The van der Waals surface area contributed by atoms with Gasteiger partial charge in [0.25, 0.3) is 5.91 Å². The first-order chi connectivity index (χ1) is 14.9. The summed E-state index contributed by atoms with van der Waals surface area (Å²) in [5, 5.41) is 9.10. The fourth-order valence-electron chi connectivity index (χ4n) is 3.67. The van der Waals surface area contributed by atoms with E-state index in [1.807, 2.05) is 24.3 Å². The summed E-state index contributed by atoms with van der Waals surface area (Å²) < 4.78 is 2.32. The number of rotatable bonds is 5. The smallest absolute Gasteiger partial charge is 0.295 e. The number of fused-ring (bicyclic) bond motifs is 2. The van der Waals surface area contributed by atoms with Crippen LogP contribution in [0.5, 0.6) is 0 Å². The molecule has 0 bridgehead atoms. The van der Waals surface area contributed by atoms with Crippen LogP contribution in [0.3, 0.4) is 0 Å². The Morgan fingerprint density at radius 2 is 2.03 bits per heavy atom. The SMILES string of the molecule is O=C(Cn1cc(CN2C(=O)C(=O)C3CC(Cl)=CC(Cl)=C32)nn1)c1nc2ccccc2s1. The van der Waals surface area contributed by atoms with Crippen LogP contribution in [0.1, 0.15) is 21.9 Å². The standard InChI is InChI=1S/C20H13Cl2N5O3S/c21-10-5-12-17(13(22)6-10)27(20(30)18(12)29)8-11-7-26(25-24-11)9-15(28)19-23-14-3-1-2-4-16(14)31-19/h1-4,6-7,12H,5,8-9H2. The molecule has 8 nitrogen and oxygen atoms in total. The fourth-order valence-corrected chi connectivity index (χ4v) is 5.25. The van der Waals surface area contributed by atoms with Crippen molar-refractivity contribution >= 4 is 62.2 Å². The van der Waals surface area contributed by atoms with Crippen molar-refractivity contribution in [2.45, 2.75) is 19.5 Å². The predicted molar refractivity (Wildman–Crippen MR) is 114 cm³/mol. The number of benzene rings is 1. The second-order valence-corrected chi connectivity index (χ2v) is 9.08. The molecule has 0 saturated carbocycles. The van der Waals surface area contributed by atoms with Crippen LogP contribution in [0.4, 0.5) is 0 Å². The Balaban J connectivity index is 1.34. The van der Waals surface area contributed by atoms with E-state index in [0.717, 1.165) is 10.2 Å². The van der Waals surface area contributed by atoms with E-state index in [1.165, 1.54) is 20.9 Å². The number of hydrogen-bond donors (Lipinski definition) is 0. The van der Waals surface area contributed by atoms with E-state index in [4.69, 9.17) is 23.2 Å². The zero-order chi connectivity index (χ0) is 21.7. The Labute approximate surface area is 189 Å². The third-order valence-corrected chi connectivity index (χ3v) is 6.71. The number of carbonyl (C=O) groups excluding carboxylic acids is 3. The number of carbonyl (C=O) groups is 3. The van der Waals surface area contributed by atoms with Crippen molar-refractivity contribution in [2.75, 3.05) is 0 Å². The van der Waals surface area contributed by atoms with E-state index in [0.29, 0.717) is 21.4 Å². The average molecular weight is 474 g/mol. The van der Waals surface area contributed by atoms with Gasteiger partial charge in [0.15, 0.2) is 5.01 Å². The molecule has 11 heteroatoms. The minimum Gasteiger partial charge on any atom is -0.301 e. The van der Waals surface area contributed by atoms with Crippen LogP contribution in [0.2, 0.25) is 0 Å². The molecule has 1 atom stereocenters. The number of ketones is 2. The predicted octanol–water partition coefficient (Wildman–Crippen LogP) is 3.28. The van der Waals surface area contributed by atoms with Gasteiger partial charge in [0.1, 0.15) is 12.2 Å². The molecule has 3 heterocycles. The molecule has 0 N–H and O–H groups in total. The minimum absolute atomic E-state index is 0.0212. The number of aromatic nitrogens is 4. The van der Waals surface area contributed by atoms with Gasteiger partial charge in [-0.3, -0.25) is 14.4 Å². The zero-order valence-electron chi connectivity index (χ0n) is 15.8. The van der Waals surface area contributed by atoms with Gasteiger partial charge >= 0.3 is 0 Å². The van der Waals surface area contributed by atoms with Gasteiger partial charge in [0.05, 0.1) is 39.6 Å². The molecule has 2 aromatic heterocycles. The molecule has 2 aliphatic rings. The molecule has 1 saturated heterocycles. The number of thiazole rings is 1. The highest BCUT2D eigenvalue weighted by atomic mass is 35.5. The molecular formula is C20H13Cl2N5O3S. The number of allylic oxidation sites excluding steroid dienone is 4. The molecule has 156 valence electrons. The maximum atomic E-state index is 12.6. The van der Waals surface area contributed by atoms with Crippen molar-refractivity contribution < 1.29 is 14.4 Å². The highest BCUT2D eigenvalue weighted by Crippen LogP contribution is 2.40. The first kappa shape index (κ1) is 20.0. The lowest BCUT2D eigenvalue weighted by Gasteiger charge is -2.22. The molecule has 1 unspecified atom stereocenters. The van der Waals surface area contributed by atoms with E-state index >= 15 is 0 Å². The Morgan fingerprint density at radius 1 is 1.23 bits per heavy atom. The second-order valence-electron chi connectivity index (χ2n) is 7.15. The summed E-state index contributed by atoms with van der Waals surface area (Å²) in [6, 6.07) is 7.52. The number of likely N-dealkylation sites (tertiary alicyclic amines) is 1. The molecule has 31 heavy (non-hydrogen) atoms. The van der Waals surface area contributed by atoms with E-state index in [1.54, 1.807) is 12.3 Å². The van der Waals surface area contributed by atoms with Gasteiger partial charge in [-0.05, 0) is 24.6 Å². The number of halogens is 2. The summed E-state index contributed by atoms with van der Waals surface area (Å²) in [6.07, 6.45) is 3.36. The molecule has 1 fully saturated rings. The van der Waals surface area contributed by atoms with Crippen LogP contribution in [0, 0.1) is 5.92 Å². The van der Waals surface area contributed by atoms with Crippen molar-refractivity contribution in [1.29, 1.82) is 0 Å². The molecule has 5 rings (SSSR count). The number of amides is 1. The number of hydrogen-bond acceptors (Lipinski definition) is 7. The third kappa shape index (κ3) is 3.58. The van der Waals surface area contributed by atoms with Crippen molar-refractivity contribution in [3.63, 3.8) is 0 Å². The lowest BCUT2D eigenvalue weighted by Crippen LogP contribution is -2.26. The van der Waals surface area contributed by atoms with E-state index in [9.17, 15) is 14.4 Å². The Hall–Kier alpha value is -2.88. The van der Waals surface area contributed by atoms with Gasteiger partial charge in [0, 0.05) is 5.03 Å². The maximum Gasteiger partial charge on any atom is 0.295 e. The van der Waals surface area contributed by atoms with E-state index in [2.05, 4.69) is 15.3 Å². The molecule has 1 aromatic carbocycles. The summed E-state index contributed by atoms with van der Waals surface area (Å²) >= 11 is 13.6. The average Bonchev–Trinajstić information content (AvgIpc) is 3.42. The molecule has 1 amide bonds. The monoisotopic (exact) mass is 473 g/mol. The van der Waals surface area contributed by atoms with Crippen molar-refractivity contribution in [3.8, 4) is 0 Å². The molecule has 0 radical (unpaired) electrons. The van der Waals surface area contributed by atoms with Gasteiger partial charge in [0.2, 0.25) is 11.6 Å². The molecular weight excluding hydrogens is 461 g/mol. The molecule has 0 spiro atoms. The van der Waals surface area contributed by atoms with Gasteiger partial charge < -0.3 is 4.90 Å². The second kappa shape index (κ2) is 7.67. The lowest BCUT2D eigenvalue weighted by atomic mass is 9.95. The Bertz CT molecular complexity index is 1290. The van der Waals surface area contributed by atoms with Crippen LogP contribution in [0.15, 0.2) is 52.3 Å². The summed E-state index contributed by atoms with van der Waals surface area (Å²) in [6.45, 7) is -0.0163. The molecule has 1 aliphatic heterocycles. The maximum absolute atomic E-state index is 12.6. The number of Topliss-reactive ketones (excluding diaryl/α,β-unsaturated/α-hetero) is 2. The minimum atomic E-state index is -0.673. The summed E-state index contributed by atoms with van der Waals surface area (Å²) in [4.78, 5) is 43.1. The van der Waals surface area contributed by atoms with Crippen LogP contribution >= 0.6 is 34.5 Å². The molecule has 1 aliphatic carbocycles. The van der Waals surface area contributed by atoms with Gasteiger partial charge in [-0.2, -0.15) is 0 Å². The first-order valence-electron chi connectivity index (χ1n) is 9.30. The van der Waals surface area contributed by atoms with E-state index in [-0.39, 0.29) is 30.3 Å². The Kier molecular flexibility index (Phi) is 4.96. The zero-order valence-corrected chi connectivity index (χ0v) is 18.1. The van der Waals surface area contributed by atoms with E-state index < -0.39 is 17.6 Å². The van der Waals surface area contributed by atoms with Crippen molar-refractivity contribution in [3.05, 3.63) is 63.0 Å². The van der Waals surface area contributed by atoms with Crippen molar-refractivity contribution in [1.82, 2.24) is 24.9 Å². The van der Waals surface area contributed by atoms with Crippen LogP contribution in [-0.2, 0) is 22.7 Å². The highest BCUT2D eigenvalue weighted by Gasteiger charge is 2.46. The quantitative estimate of drug-likeness (QED) is 0.416. The van der Waals surface area contributed by atoms with Crippen molar-refractivity contribution in [2.24, 2.45) is 5.92 Å². The third-order valence-electron chi connectivity index (χ3n) is 5.06. The van der Waals surface area contributed by atoms with Gasteiger partial charge in [-0.25, -0.2) is 9.67 Å². The highest BCUT2D eigenvalue weighted by molar-refractivity contribution is 7.20. The lowest BCUT2D eigenvalue weighted by molar-refractivity contribution is -0.140. The number of nitrogens with zero attached hydrogens (tertiary/aromatic N) is 5. The summed E-state index contributed by atoms with van der Waals surface area (Å²) in [5.74, 6) is -2.06. The largest absolute Gasteiger partial charge is 0.301 e. The van der Waals surface area contributed by atoms with Crippen LogP contribution in [0.25, 0.3) is 10.2 Å². The van der Waals surface area contributed by atoms with Gasteiger partial charge in [-0.1, -0.05) is 40.5 Å². The topological polar surface area (TPSA) is 98.1 Å². The van der Waals surface area contributed by atoms with Gasteiger partial charge in [-0.15, -0.1) is 16.4 Å². The fraction of sp³-hybridized carbons (Fsp3) is 0.200. The summed E-state index contributed by atoms with van der Waals surface area (Å²) in [7, 11) is 0. The van der Waals surface area contributed by atoms with Crippen LogP contribution < -0.4 is 0 Å². The van der Waals surface area contributed by atoms with Crippen LogP contribution in [-0.4, -0.2) is 42.4 Å². The summed E-state index contributed by atoms with van der Waals surface area (Å²) in [5.41, 5.74) is 1.63. The normalized spacial score (nSPS) is 18.7.